The van der Waals surface area contributed by atoms with Gasteiger partial charge in [-0.3, -0.25) is 0 Å². The Morgan fingerprint density at radius 3 is 2.64 bits per heavy atom. The highest BCUT2D eigenvalue weighted by Crippen LogP contribution is 2.20. The van der Waals surface area contributed by atoms with Crippen LogP contribution < -0.4 is 5.36 Å². The average Bonchev–Trinajstić information content (AvgIpc) is 2.50. The second-order valence-corrected chi connectivity index (χ2v) is 4.12. The molecule has 0 aliphatic heterocycles. The zero-order valence-corrected chi connectivity index (χ0v) is 7.15. The fourth-order valence-corrected chi connectivity index (χ4v) is 2.72. The summed E-state index contributed by atoms with van der Waals surface area (Å²) < 4.78 is 1.19. The predicted octanol–water partition coefficient (Wildman–Crippen LogP) is 2.25. The van der Waals surface area contributed by atoms with Crippen molar-refractivity contribution in [3.63, 3.8) is 0 Å². The number of nitrogens with zero attached hydrogens (tertiary/aromatic N) is 1. The summed E-state index contributed by atoms with van der Waals surface area (Å²) in [6, 6.07) is 3.77. The van der Waals surface area contributed by atoms with E-state index in [9.17, 15) is 0 Å². The van der Waals surface area contributed by atoms with E-state index in [0.717, 1.165) is 5.39 Å². The van der Waals surface area contributed by atoms with Crippen molar-refractivity contribution in [2.75, 3.05) is 0 Å². The summed E-state index contributed by atoms with van der Waals surface area (Å²) >= 11 is 3.32. The van der Waals surface area contributed by atoms with Crippen molar-refractivity contribution in [2.45, 2.75) is 0 Å². The van der Waals surface area contributed by atoms with Crippen LogP contribution in [0.15, 0.2) is 28.0 Å². The Kier molecular flexibility index (Phi) is 1.63. The van der Waals surface area contributed by atoms with Gasteiger partial charge in [0, 0.05) is 5.39 Å². The Morgan fingerprint density at radius 1 is 1.18 bits per heavy atom. The van der Waals surface area contributed by atoms with Crippen molar-refractivity contribution < 1.29 is 5.21 Å². The Hall–Kier alpha value is -0.870. The molecule has 0 spiro atoms. The van der Waals surface area contributed by atoms with Crippen LogP contribution in [-0.4, -0.2) is 5.21 Å². The summed E-state index contributed by atoms with van der Waals surface area (Å²) in [5.74, 6) is 0. The van der Waals surface area contributed by atoms with E-state index in [-0.39, 0.29) is 0 Å². The molecule has 4 heteroatoms. The van der Waals surface area contributed by atoms with E-state index in [1.165, 1.54) is 4.01 Å². The molecule has 0 aromatic carbocycles. The third-order valence-electron chi connectivity index (χ3n) is 1.41. The third-order valence-corrected chi connectivity index (χ3v) is 3.40. The molecule has 0 atom stereocenters. The Morgan fingerprint density at radius 2 is 1.91 bits per heavy atom. The zero-order valence-electron chi connectivity index (χ0n) is 5.52. The second kappa shape index (κ2) is 2.64. The van der Waals surface area contributed by atoms with Gasteiger partial charge in [0.1, 0.15) is 5.36 Å². The smallest absolute Gasteiger partial charge is 0.112 e. The average molecular weight is 183 g/mol. The number of rotatable bonds is 0. The van der Waals surface area contributed by atoms with Crippen molar-refractivity contribution in [3.05, 3.63) is 28.3 Å². The lowest BCUT2D eigenvalue weighted by atomic mass is 10.4. The first kappa shape index (κ1) is 6.82. The van der Waals surface area contributed by atoms with Crippen LogP contribution in [0.1, 0.15) is 0 Å². The summed E-state index contributed by atoms with van der Waals surface area (Å²) in [5, 5.41) is 17.4. The van der Waals surface area contributed by atoms with Crippen molar-refractivity contribution >= 4 is 32.1 Å². The highest BCUT2D eigenvalue weighted by molar-refractivity contribution is 7.36. The number of hydrogen-bond donors (Lipinski definition) is 1. The molecule has 2 aromatic rings. The Labute approximate surface area is 71.0 Å². The molecule has 0 aliphatic rings. The lowest BCUT2D eigenvalue weighted by molar-refractivity contribution is 0.303. The first-order valence-electron chi connectivity index (χ1n) is 3.05. The molecule has 0 aliphatic carbocycles. The van der Waals surface area contributed by atoms with Crippen LogP contribution in [0.2, 0.25) is 0 Å². The van der Waals surface area contributed by atoms with Crippen LogP contribution in [0.25, 0.3) is 9.40 Å². The molecule has 0 saturated carbocycles. The first-order valence-corrected chi connectivity index (χ1v) is 4.81. The van der Waals surface area contributed by atoms with E-state index >= 15 is 0 Å². The molecular formula is C7H5NOS2. The van der Waals surface area contributed by atoms with Crippen LogP contribution >= 0.6 is 22.7 Å². The maximum atomic E-state index is 8.59. The van der Waals surface area contributed by atoms with E-state index in [0.29, 0.717) is 5.36 Å². The summed E-state index contributed by atoms with van der Waals surface area (Å²) in [6.45, 7) is 0. The molecule has 0 saturated heterocycles. The van der Waals surface area contributed by atoms with Crippen molar-refractivity contribution in [2.24, 2.45) is 5.16 Å². The van der Waals surface area contributed by atoms with Gasteiger partial charge in [-0.2, -0.15) is 0 Å². The number of thiophene rings is 1. The lowest BCUT2D eigenvalue weighted by Crippen LogP contribution is -1.97. The van der Waals surface area contributed by atoms with Crippen molar-refractivity contribution in [1.82, 2.24) is 0 Å². The number of hydrogen-bond acceptors (Lipinski definition) is 4. The van der Waals surface area contributed by atoms with Gasteiger partial charge in [-0.1, -0.05) is 5.16 Å². The lowest BCUT2D eigenvalue weighted by Gasteiger charge is -1.85. The van der Waals surface area contributed by atoms with Crippen LogP contribution in [-0.2, 0) is 0 Å². The molecular weight excluding hydrogens is 178 g/mol. The molecule has 0 radical (unpaired) electrons. The van der Waals surface area contributed by atoms with Gasteiger partial charge in [0.2, 0.25) is 0 Å². The van der Waals surface area contributed by atoms with Gasteiger partial charge in [-0.25, -0.2) is 0 Å². The molecule has 1 N–H and O–H groups in total. The molecule has 2 aromatic heterocycles. The maximum absolute atomic E-state index is 8.59. The van der Waals surface area contributed by atoms with Gasteiger partial charge in [-0.15, -0.1) is 22.7 Å². The molecule has 0 amide bonds. The molecule has 2 heterocycles. The van der Waals surface area contributed by atoms with Crippen LogP contribution in [0.5, 0.6) is 0 Å². The van der Waals surface area contributed by atoms with Crippen molar-refractivity contribution in [3.8, 4) is 0 Å². The molecule has 0 unspecified atom stereocenters. The Balaban J connectivity index is 3.01. The summed E-state index contributed by atoms with van der Waals surface area (Å²) in [6.07, 6.45) is 0. The van der Waals surface area contributed by atoms with Crippen LogP contribution in [0, 0.1) is 0 Å². The van der Waals surface area contributed by atoms with E-state index in [1.54, 1.807) is 28.7 Å². The molecule has 0 bridgehead atoms. The monoisotopic (exact) mass is 183 g/mol. The molecule has 0 fully saturated rings. The van der Waals surface area contributed by atoms with E-state index in [2.05, 4.69) is 5.16 Å². The third kappa shape index (κ3) is 1.04. The fraction of sp³-hybridized carbons (Fsp3) is 0. The normalized spacial score (nSPS) is 12.5. The van der Waals surface area contributed by atoms with E-state index in [1.807, 2.05) is 16.8 Å². The SMILES string of the molecule is ON=c1ccsc2sccc12. The second-order valence-electron chi connectivity index (χ2n) is 2.03. The largest absolute Gasteiger partial charge is 0.410 e. The van der Waals surface area contributed by atoms with E-state index in [4.69, 9.17) is 5.21 Å². The fourth-order valence-electron chi connectivity index (χ4n) is 0.914. The summed E-state index contributed by atoms with van der Waals surface area (Å²) in [4.78, 5) is 0. The quantitative estimate of drug-likeness (QED) is 0.493. The highest BCUT2D eigenvalue weighted by Gasteiger charge is 1.95. The Bertz CT molecular complexity index is 429. The molecule has 11 heavy (non-hydrogen) atoms. The van der Waals surface area contributed by atoms with Crippen LogP contribution in [0.4, 0.5) is 0 Å². The summed E-state index contributed by atoms with van der Waals surface area (Å²) in [7, 11) is 0. The minimum absolute atomic E-state index is 0.653. The molecule has 56 valence electrons. The number of fused-ring (bicyclic) bond motifs is 1. The van der Waals surface area contributed by atoms with Gasteiger partial charge in [0.05, 0.1) is 4.01 Å². The summed E-state index contributed by atoms with van der Waals surface area (Å²) in [5.41, 5.74) is 0. The highest BCUT2D eigenvalue weighted by atomic mass is 32.2. The predicted molar refractivity (Wildman–Crippen MR) is 47.1 cm³/mol. The standard InChI is InChI=1S/C7H5NOS2/c9-8-6-2-4-11-7-5(6)1-3-10-7/h1-4,9H. The molecule has 2 rings (SSSR count). The van der Waals surface area contributed by atoms with Gasteiger partial charge < -0.3 is 5.21 Å². The molecule has 2 nitrogen and oxygen atoms in total. The zero-order chi connectivity index (χ0) is 7.68. The van der Waals surface area contributed by atoms with Crippen molar-refractivity contribution in [1.29, 1.82) is 0 Å². The minimum atomic E-state index is 0.653. The van der Waals surface area contributed by atoms with E-state index < -0.39 is 0 Å². The van der Waals surface area contributed by atoms with Gasteiger partial charge in [-0.05, 0) is 22.9 Å². The van der Waals surface area contributed by atoms with Gasteiger partial charge >= 0.3 is 0 Å². The topological polar surface area (TPSA) is 32.6 Å². The first-order chi connectivity index (χ1) is 5.42. The maximum Gasteiger partial charge on any atom is 0.112 e. The van der Waals surface area contributed by atoms with Crippen LogP contribution in [0.3, 0.4) is 0 Å². The van der Waals surface area contributed by atoms with Gasteiger partial charge in [0.25, 0.3) is 0 Å². The minimum Gasteiger partial charge on any atom is -0.410 e. The van der Waals surface area contributed by atoms with Gasteiger partial charge in [0.15, 0.2) is 0 Å².